The van der Waals surface area contributed by atoms with Crippen molar-refractivity contribution in [3.63, 3.8) is 0 Å². The Morgan fingerprint density at radius 1 is 0.968 bits per heavy atom. The monoisotopic (exact) mass is 436 g/mol. The van der Waals surface area contributed by atoms with Crippen molar-refractivity contribution in [1.82, 2.24) is 15.1 Å². The van der Waals surface area contributed by atoms with E-state index in [0.717, 1.165) is 29.2 Å². The molecule has 2 heterocycles. The number of anilines is 1. The van der Waals surface area contributed by atoms with Crippen molar-refractivity contribution in [3.8, 4) is 17.0 Å². The van der Waals surface area contributed by atoms with Gasteiger partial charge >= 0.3 is 0 Å². The highest BCUT2D eigenvalue weighted by molar-refractivity contribution is 6.33. The van der Waals surface area contributed by atoms with Gasteiger partial charge < -0.3 is 14.5 Å². The fraction of sp³-hybridized carbons (Fsp3) is 0.292. The molecule has 0 spiro atoms. The molecule has 1 fully saturated rings. The Morgan fingerprint density at radius 3 is 2.35 bits per heavy atom. The van der Waals surface area contributed by atoms with E-state index in [2.05, 4.69) is 22.0 Å². The lowest BCUT2D eigenvalue weighted by molar-refractivity contribution is -0.133. The molecule has 0 aliphatic carbocycles. The maximum absolute atomic E-state index is 12.5. The van der Waals surface area contributed by atoms with Gasteiger partial charge in [-0.1, -0.05) is 48.9 Å². The molecule has 0 radical (unpaired) electrons. The molecule has 0 bridgehead atoms. The number of hydrogen-bond donors (Lipinski definition) is 0. The normalized spacial score (nSPS) is 13.9. The van der Waals surface area contributed by atoms with Crippen LogP contribution in [0.4, 0.5) is 5.82 Å². The van der Waals surface area contributed by atoms with Crippen LogP contribution in [0.25, 0.3) is 11.3 Å². The minimum atomic E-state index is -0.000584. The predicted octanol–water partition coefficient (Wildman–Crippen LogP) is 4.09. The van der Waals surface area contributed by atoms with E-state index in [1.54, 1.807) is 0 Å². The Labute approximate surface area is 187 Å². The SMILES string of the molecule is CCc1ccc(OCC(=O)N2CCN(c3ccc(-c4ccccc4Cl)nn3)CC2)cc1. The second-order valence-corrected chi connectivity index (χ2v) is 7.82. The number of nitrogens with zero attached hydrogens (tertiary/aromatic N) is 4. The van der Waals surface area contributed by atoms with Crippen LogP contribution in [-0.2, 0) is 11.2 Å². The van der Waals surface area contributed by atoms with Crippen molar-refractivity contribution >= 4 is 23.3 Å². The summed E-state index contributed by atoms with van der Waals surface area (Å²) < 4.78 is 5.66. The van der Waals surface area contributed by atoms with E-state index in [4.69, 9.17) is 16.3 Å². The van der Waals surface area contributed by atoms with Gasteiger partial charge in [0, 0.05) is 31.7 Å². The van der Waals surface area contributed by atoms with Crippen molar-refractivity contribution in [3.05, 3.63) is 71.2 Å². The average molecular weight is 437 g/mol. The van der Waals surface area contributed by atoms with Gasteiger partial charge in [-0.05, 0) is 42.3 Å². The predicted molar refractivity (Wildman–Crippen MR) is 123 cm³/mol. The molecule has 1 saturated heterocycles. The Kier molecular flexibility index (Phi) is 6.67. The second kappa shape index (κ2) is 9.79. The van der Waals surface area contributed by atoms with E-state index in [1.165, 1.54) is 5.56 Å². The van der Waals surface area contributed by atoms with Crippen molar-refractivity contribution in [1.29, 1.82) is 0 Å². The molecule has 0 N–H and O–H groups in total. The lowest BCUT2D eigenvalue weighted by atomic mass is 10.1. The molecule has 1 aliphatic heterocycles. The molecule has 0 saturated carbocycles. The molecule has 7 heteroatoms. The summed E-state index contributed by atoms with van der Waals surface area (Å²) in [6, 6.07) is 19.3. The molecule has 2 aromatic carbocycles. The van der Waals surface area contributed by atoms with Gasteiger partial charge in [0.25, 0.3) is 5.91 Å². The summed E-state index contributed by atoms with van der Waals surface area (Å²) >= 11 is 6.25. The van der Waals surface area contributed by atoms with Crippen LogP contribution in [0.2, 0.25) is 5.02 Å². The largest absolute Gasteiger partial charge is 0.484 e. The molecule has 1 aliphatic rings. The zero-order chi connectivity index (χ0) is 21.6. The maximum Gasteiger partial charge on any atom is 0.260 e. The van der Waals surface area contributed by atoms with E-state index in [1.807, 2.05) is 65.6 Å². The summed E-state index contributed by atoms with van der Waals surface area (Å²) in [5.74, 6) is 1.52. The van der Waals surface area contributed by atoms with E-state index in [9.17, 15) is 4.79 Å². The first-order valence-corrected chi connectivity index (χ1v) is 10.8. The molecule has 160 valence electrons. The fourth-order valence-electron chi connectivity index (χ4n) is 3.55. The summed E-state index contributed by atoms with van der Waals surface area (Å²) in [4.78, 5) is 16.5. The van der Waals surface area contributed by atoms with E-state index in [0.29, 0.717) is 31.2 Å². The molecular weight excluding hydrogens is 412 g/mol. The van der Waals surface area contributed by atoms with Crippen LogP contribution in [0.15, 0.2) is 60.7 Å². The quantitative estimate of drug-likeness (QED) is 0.582. The molecule has 31 heavy (non-hydrogen) atoms. The number of amides is 1. The van der Waals surface area contributed by atoms with Crippen molar-refractivity contribution in [2.24, 2.45) is 0 Å². The number of rotatable bonds is 6. The number of ether oxygens (including phenoxy) is 1. The van der Waals surface area contributed by atoms with Crippen LogP contribution in [-0.4, -0.2) is 53.8 Å². The number of piperazine rings is 1. The van der Waals surface area contributed by atoms with Gasteiger partial charge in [0.2, 0.25) is 0 Å². The van der Waals surface area contributed by atoms with Crippen LogP contribution in [0.1, 0.15) is 12.5 Å². The fourth-order valence-corrected chi connectivity index (χ4v) is 3.78. The molecule has 1 aromatic heterocycles. The van der Waals surface area contributed by atoms with E-state index < -0.39 is 0 Å². The van der Waals surface area contributed by atoms with Crippen LogP contribution in [0, 0.1) is 0 Å². The van der Waals surface area contributed by atoms with Crippen molar-refractivity contribution in [2.75, 3.05) is 37.7 Å². The van der Waals surface area contributed by atoms with Crippen LogP contribution in [0.3, 0.4) is 0 Å². The first-order valence-electron chi connectivity index (χ1n) is 10.5. The minimum absolute atomic E-state index is 0.000584. The highest BCUT2D eigenvalue weighted by atomic mass is 35.5. The number of aromatic nitrogens is 2. The molecule has 1 amide bonds. The number of aryl methyl sites for hydroxylation is 1. The second-order valence-electron chi connectivity index (χ2n) is 7.41. The van der Waals surface area contributed by atoms with Gasteiger partial charge in [0.15, 0.2) is 12.4 Å². The maximum atomic E-state index is 12.5. The Hall–Kier alpha value is -3.12. The number of carbonyl (C=O) groups is 1. The number of hydrogen-bond acceptors (Lipinski definition) is 5. The molecule has 0 atom stereocenters. The average Bonchev–Trinajstić information content (AvgIpc) is 2.83. The van der Waals surface area contributed by atoms with Crippen LogP contribution >= 0.6 is 11.6 Å². The number of halogens is 1. The molecule has 0 unspecified atom stereocenters. The summed E-state index contributed by atoms with van der Waals surface area (Å²) in [7, 11) is 0. The molecule has 6 nitrogen and oxygen atoms in total. The number of benzene rings is 2. The van der Waals surface area contributed by atoms with E-state index in [-0.39, 0.29) is 12.5 Å². The van der Waals surface area contributed by atoms with Gasteiger partial charge in [-0.2, -0.15) is 0 Å². The third-order valence-electron chi connectivity index (χ3n) is 5.45. The summed E-state index contributed by atoms with van der Waals surface area (Å²) in [5.41, 5.74) is 2.85. The van der Waals surface area contributed by atoms with Gasteiger partial charge in [0.1, 0.15) is 5.75 Å². The zero-order valence-corrected chi connectivity index (χ0v) is 18.3. The number of carbonyl (C=O) groups excluding carboxylic acids is 1. The van der Waals surface area contributed by atoms with Crippen LogP contribution in [0.5, 0.6) is 5.75 Å². The Bertz CT molecular complexity index is 1020. The molecule has 4 rings (SSSR count). The third kappa shape index (κ3) is 5.14. The van der Waals surface area contributed by atoms with E-state index >= 15 is 0 Å². The first kappa shape index (κ1) is 21.1. The standard InChI is InChI=1S/C24H25ClN4O2/c1-2-18-7-9-19(10-8-18)31-17-24(30)29-15-13-28(14-16-29)23-12-11-22(26-27-23)20-5-3-4-6-21(20)25/h3-12H,2,13-17H2,1H3. The summed E-state index contributed by atoms with van der Waals surface area (Å²) in [6.45, 7) is 4.83. The van der Waals surface area contributed by atoms with Gasteiger partial charge in [-0.3, -0.25) is 4.79 Å². The smallest absolute Gasteiger partial charge is 0.260 e. The highest BCUT2D eigenvalue weighted by Crippen LogP contribution is 2.26. The van der Waals surface area contributed by atoms with Crippen LogP contribution < -0.4 is 9.64 Å². The lowest BCUT2D eigenvalue weighted by Crippen LogP contribution is -2.50. The molecular formula is C24H25ClN4O2. The molecule has 3 aromatic rings. The third-order valence-corrected chi connectivity index (χ3v) is 5.78. The summed E-state index contributed by atoms with van der Waals surface area (Å²) in [5, 5.41) is 9.36. The lowest BCUT2D eigenvalue weighted by Gasteiger charge is -2.35. The topological polar surface area (TPSA) is 58.6 Å². The summed E-state index contributed by atoms with van der Waals surface area (Å²) in [6.07, 6.45) is 0.983. The van der Waals surface area contributed by atoms with Gasteiger partial charge in [-0.25, -0.2) is 0 Å². The van der Waals surface area contributed by atoms with Crippen molar-refractivity contribution in [2.45, 2.75) is 13.3 Å². The minimum Gasteiger partial charge on any atom is -0.484 e. The highest BCUT2D eigenvalue weighted by Gasteiger charge is 2.22. The Morgan fingerprint density at radius 2 is 1.71 bits per heavy atom. The van der Waals surface area contributed by atoms with Crippen molar-refractivity contribution < 1.29 is 9.53 Å². The van der Waals surface area contributed by atoms with Gasteiger partial charge in [0.05, 0.1) is 10.7 Å². The first-order chi connectivity index (χ1) is 15.1. The van der Waals surface area contributed by atoms with Gasteiger partial charge in [-0.15, -0.1) is 10.2 Å². The Balaban J connectivity index is 1.29. The zero-order valence-electron chi connectivity index (χ0n) is 17.5.